The van der Waals surface area contributed by atoms with Crippen molar-refractivity contribution in [3.8, 4) is 0 Å². The summed E-state index contributed by atoms with van der Waals surface area (Å²) in [5.41, 5.74) is -0.536. The lowest BCUT2D eigenvalue weighted by atomic mass is 9.91. The number of aliphatic hydroxyl groups excluding tert-OH is 1. The molecule has 0 amide bonds. The molecule has 2 fully saturated rings. The highest BCUT2D eigenvalue weighted by Crippen LogP contribution is 2.36. The molecule has 1 spiro atoms. The maximum absolute atomic E-state index is 11.2. The van der Waals surface area contributed by atoms with Crippen LogP contribution in [0.3, 0.4) is 0 Å². The van der Waals surface area contributed by atoms with Crippen LogP contribution in [0.2, 0.25) is 0 Å². The van der Waals surface area contributed by atoms with Gasteiger partial charge in [-0.15, -0.1) is 0 Å². The first-order valence-corrected chi connectivity index (χ1v) is 6.39. The molecule has 2 saturated heterocycles. The van der Waals surface area contributed by atoms with Crippen LogP contribution >= 0.6 is 0 Å². The zero-order valence-corrected chi connectivity index (χ0v) is 8.22. The van der Waals surface area contributed by atoms with Crippen LogP contribution < -0.4 is 0 Å². The molecule has 2 aliphatic rings. The number of rotatable bonds is 0. The topological polar surface area (TPSA) is 63.6 Å². The number of hydrogen-bond donors (Lipinski definition) is 1. The monoisotopic (exact) mass is 206 g/mol. The van der Waals surface area contributed by atoms with Crippen LogP contribution in [0.15, 0.2) is 0 Å². The van der Waals surface area contributed by atoms with E-state index in [1.54, 1.807) is 0 Å². The first-order chi connectivity index (χ1) is 6.04. The Bertz CT molecular complexity index is 281. The van der Waals surface area contributed by atoms with Gasteiger partial charge in [-0.05, 0) is 19.3 Å². The van der Waals surface area contributed by atoms with Gasteiger partial charge in [-0.1, -0.05) is 0 Å². The third-order valence-electron chi connectivity index (χ3n) is 3.06. The summed E-state index contributed by atoms with van der Waals surface area (Å²) < 4.78 is 27.8. The number of hydrogen-bond acceptors (Lipinski definition) is 4. The smallest absolute Gasteiger partial charge is 0.150 e. The van der Waals surface area contributed by atoms with E-state index in [1.807, 2.05) is 0 Å². The van der Waals surface area contributed by atoms with E-state index < -0.39 is 21.5 Å². The van der Waals surface area contributed by atoms with Crippen LogP contribution in [0.25, 0.3) is 0 Å². The van der Waals surface area contributed by atoms with Crippen molar-refractivity contribution in [1.29, 1.82) is 0 Å². The highest BCUT2D eigenvalue weighted by atomic mass is 32.2. The van der Waals surface area contributed by atoms with Gasteiger partial charge in [-0.2, -0.15) is 0 Å². The second-order valence-electron chi connectivity index (χ2n) is 3.87. The Kier molecular flexibility index (Phi) is 2.13. The van der Waals surface area contributed by atoms with Gasteiger partial charge in [-0.25, -0.2) is 8.42 Å². The summed E-state index contributed by atoms with van der Waals surface area (Å²) >= 11 is 0. The summed E-state index contributed by atoms with van der Waals surface area (Å²) in [6.07, 6.45) is 1.08. The predicted octanol–water partition coefficient (Wildman–Crippen LogP) is -0.285. The molecule has 2 aliphatic heterocycles. The Balaban J connectivity index is 2.12. The predicted molar refractivity (Wildman–Crippen MR) is 47.2 cm³/mol. The zero-order chi connectivity index (χ0) is 9.53. The van der Waals surface area contributed by atoms with E-state index in [1.165, 1.54) is 0 Å². The van der Waals surface area contributed by atoms with E-state index in [0.717, 1.165) is 0 Å². The van der Waals surface area contributed by atoms with Crippen LogP contribution in [0, 0.1) is 0 Å². The molecule has 2 heterocycles. The molecular weight excluding hydrogens is 192 g/mol. The molecule has 5 heteroatoms. The molecule has 0 aromatic rings. The molecule has 0 aromatic carbocycles. The molecule has 0 aliphatic carbocycles. The van der Waals surface area contributed by atoms with Crippen molar-refractivity contribution in [3.63, 3.8) is 0 Å². The molecule has 0 radical (unpaired) electrons. The minimum atomic E-state index is -2.86. The van der Waals surface area contributed by atoms with Crippen molar-refractivity contribution in [2.75, 3.05) is 18.1 Å². The minimum Gasteiger partial charge on any atom is -0.390 e. The number of ether oxygens (including phenoxy) is 1. The molecule has 2 rings (SSSR count). The third-order valence-corrected chi connectivity index (χ3v) is 4.71. The van der Waals surface area contributed by atoms with E-state index in [4.69, 9.17) is 4.74 Å². The van der Waals surface area contributed by atoms with Crippen molar-refractivity contribution < 1.29 is 18.3 Å². The lowest BCUT2D eigenvalue weighted by molar-refractivity contribution is -0.0637. The van der Waals surface area contributed by atoms with E-state index in [9.17, 15) is 13.5 Å². The SMILES string of the molecule is O=S1(=O)CCC2(CC1)OCCC2O. The summed E-state index contributed by atoms with van der Waals surface area (Å²) in [5, 5.41) is 9.65. The van der Waals surface area contributed by atoms with Gasteiger partial charge in [0.1, 0.15) is 0 Å². The van der Waals surface area contributed by atoms with Crippen molar-refractivity contribution >= 4 is 9.84 Å². The van der Waals surface area contributed by atoms with Gasteiger partial charge in [0.25, 0.3) is 0 Å². The summed E-state index contributed by atoms with van der Waals surface area (Å²) in [6.45, 7) is 0.557. The Hall–Kier alpha value is -0.130. The second-order valence-corrected chi connectivity index (χ2v) is 6.17. The molecule has 1 unspecified atom stereocenters. The minimum absolute atomic E-state index is 0.157. The van der Waals surface area contributed by atoms with Gasteiger partial charge in [-0.3, -0.25) is 0 Å². The van der Waals surface area contributed by atoms with Gasteiger partial charge in [0.05, 0.1) is 29.8 Å². The Morgan fingerprint density at radius 2 is 1.92 bits per heavy atom. The van der Waals surface area contributed by atoms with E-state index in [0.29, 0.717) is 25.9 Å². The summed E-state index contributed by atoms with van der Waals surface area (Å²) in [5.74, 6) is 0.314. The Labute approximate surface area is 77.8 Å². The van der Waals surface area contributed by atoms with Crippen LogP contribution in [0.5, 0.6) is 0 Å². The fraction of sp³-hybridized carbons (Fsp3) is 1.00. The van der Waals surface area contributed by atoms with Crippen LogP contribution in [-0.2, 0) is 14.6 Å². The maximum atomic E-state index is 11.2. The Morgan fingerprint density at radius 1 is 1.31 bits per heavy atom. The molecule has 1 atom stereocenters. The van der Waals surface area contributed by atoms with E-state index in [2.05, 4.69) is 0 Å². The molecular formula is C8H14O4S. The maximum Gasteiger partial charge on any atom is 0.150 e. The highest BCUT2D eigenvalue weighted by Gasteiger charge is 2.46. The van der Waals surface area contributed by atoms with Crippen molar-refractivity contribution in [2.24, 2.45) is 0 Å². The first-order valence-electron chi connectivity index (χ1n) is 4.57. The van der Waals surface area contributed by atoms with Crippen molar-refractivity contribution in [2.45, 2.75) is 31.0 Å². The van der Waals surface area contributed by atoms with Gasteiger partial charge in [0.2, 0.25) is 0 Å². The average Bonchev–Trinajstić information content (AvgIpc) is 2.41. The molecule has 0 saturated carbocycles. The van der Waals surface area contributed by atoms with Crippen LogP contribution in [0.4, 0.5) is 0 Å². The Morgan fingerprint density at radius 3 is 2.38 bits per heavy atom. The zero-order valence-electron chi connectivity index (χ0n) is 7.40. The summed E-state index contributed by atoms with van der Waals surface area (Å²) in [7, 11) is -2.86. The van der Waals surface area contributed by atoms with Crippen molar-refractivity contribution in [1.82, 2.24) is 0 Å². The molecule has 1 N–H and O–H groups in total. The van der Waals surface area contributed by atoms with Gasteiger partial charge >= 0.3 is 0 Å². The molecule has 4 nitrogen and oxygen atoms in total. The average molecular weight is 206 g/mol. The van der Waals surface area contributed by atoms with Crippen LogP contribution in [-0.4, -0.2) is 43.3 Å². The van der Waals surface area contributed by atoms with Crippen LogP contribution in [0.1, 0.15) is 19.3 Å². The van der Waals surface area contributed by atoms with E-state index in [-0.39, 0.29) is 11.5 Å². The third kappa shape index (κ3) is 1.60. The lowest BCUT2D eigenvalue weighted by Crippen LogP contribution is -2.46. The van der Waals surface area contributed by atoms with Gasteiger partial charge in [0.15, 0.2) is 9.84 Å². The summed E-state index contributed by atoms with van der Waals surface area (Å²) in [6, 6.07) is 0. The van der Waals surface area contributed by atoms with Gasteiger partial charge < -0.3 is 9.84 Å². The molecule has 13 heavy (non-hydrogen) atoms. The molecule has 0 aromatic heterocycles. The fourth-order valence-corrected chi connectivity index (χ4v) is 3.61. The summed E-state index contributed by atoms with van der Waals surface area (Å²) in [4.78, 5) is 0. The quantitative estimate of drug-likeness (QED) is 0.592. The van der Waals surface area contributed by atoms with Crippen molar-refractivity contribution in [3.05, 3.63) is 0 Å². The van der Waals surface area contributed by atoms with E-state index >= 15 is 0 Å². The number of aliphatic hydroxyl groups is 1. The lowest BCUT2D eigenvalue weighted by Gasteiger charge is -2.34. The normalized spacial score (nSPS) is 36.5. The van der Waals surface area contributed by atoms with Gasteiger partial charge in [0, 0.05) is 0 Å². The standard InChI is InChI=1S/C8H14O4S/c9-7-1-4-12-8(7)2-5-13(10,11)6-3-8/h7,9H,1-6H2. The first kappa shape index (κ1) is 9.43. The largest absolute Gasteiger partial charge is 0.390 e. The molecule has 0 bridgehead atoms. The highest BCUT2D eigenvalue weighted by molar-refractivity contribution is 7.91. The fourth-order valence-electron chi connectivity index (χ4n) is 2.09. The second kappa shape index (κ2) is 2.93. The molecule has 76 valence electrons. The number of sulfone groups is 1.